The average molecular weight is 387 g/mol. The Labute approximate surface area is 161 Å². The lowest BCUT2D eigenvalue weighted by molar-refractivity contribution is 0.0761. The summed E-state index contributed by atoms with van der Waals surface area (Å²) in [5.41, 5.74) is 1.95. The van der Waals surface area contributed by atoms with Gasteiger partial charge in [-0.2, -0.15) is 0 Å². The maximum atomic E-state index is 12.8. The van der Waals surface area contributed by atoms with Gasteiger partial charge in [0.25, 0.3) is 5.91 Å². The summed E-state index contributed by atoms with van der Waals surface area (Å²) < 4.78 is 28.2. The predicted molar refractivity (Wildman–Crippen MR) is 106 cm³/mol. The lowest BCUT2D eigenvalue weighted by Gasteiger charge is -2.21. The molecule has 0 spiro atoms. The van der Waals surface area contributed by atoms with E-state index in [-0.39, 0.29) is 17.3 Å². The summed E-state index contributed by atoms with van der Waals surface area (Å²) >= 11 is 0. The second kappa shape index (κ2) is 8.67. The summed E-state index contributed by atoms with van der Waals surface area (Å²) in [6.45, 7) is 3.44. The first-order chi connectivity index (χ1) is 13.0. The second-order valence-corrected chi connectivity index (χ2v) is 8.73. The van der Waals surface area contributed by atoms with Crippen molar-refractivity contribution in [3.63, 3.8) is 0 Å². The normalized spacial score (nSPS) is 15.4. The summed E-state index contributed by atoms with van der Waals surface area (Å²) in [6.07, 6.45) is 4.28. The minimum absolute atomic E-state index is 0.0867. The molecule has 1 amide bonds. The molecule has 5 nitrogen and oxygen atoms in total. The molecular weight excluding hydrogens is 360 g/mol. The third-order valence-corrected chi connectivity index (χ3v) is 6.47. The number of carbonyl (C=O) groups excluding carboxylic acids is 1. The van der Waals surface area contributed by atoms with Gasteiger partial charge in [0.05, 0.1) is 4.90 Å². The number of carbonyl (C=O) groups is 1. The van der Waals surface area contributed by atoms with Crippen LogP contribution in [0, 0.1) is 6.92 Å². The van der Waals surface area contributed by atoms with Gasteiger partial charge in [0.1, 0.15) is 0 Å². The average Bonchev–Trinajstić information content (AvgIpc) is 2.96. The number of likely N-dealkylation sites (tertiary alicyclic amines) is 1. The molecule has 1 aliphatic rings. The molecule has 0 saturated carbocycles. The van der Waals surface area contributed by atoms with Crippen molar-refractivity contribution < 1.29 is 13.2 Å². The van der Waals surface area contributed by atoms with Crippen LogP contribution in [0.15, 0.2) is 53.4 Å². The SMILES string of the molecule is Cc1ccc(C(=O)N2CCCCCC2)cc1S(=O)(=O)NCc1ccccc1. The van der Waals surface area contributed by atoms with Gasteiger partial charge in [-0.15, -0.1) is 0 Å². The monoisotopic (exact) mass is 386 g/mol. The third kappa shape index (κ3) is 4.96. The van der Waals surface area contributed by atoms with E-state index in [1.807, 2.05) is 35.2 Å². The molecule has 1 fully saturated rings. The molecule has 0 aliphatic carbocycles. The highest BCUT2D eigenvalue weighted by Crippen LogP contribution is 2.20. The highest BCUT2D eigenvalue weighted by atomic mass is 32.2. The molecule has 1 heterocycles. The summed E-state index contributed by atoms with van der Waals surface area (Å²) in [5, 5.41) is 0. The number of rotatable bonds is 5. The van der Waals surface area contributed by atoms with Crippen molar-refractivity contribution in [1.82, 2.24) is 9.62 Å². The van der Waals surface area contributed by atoms with Gasteiger partial charge in [-0.25, -0.2) is 13.1 Å². The molecule has 2 aromatic carbocycles. The fraction of sp³-hybridized carbons (Fsp3) is 0.381. The first kappa shape index (κ1) is 19.6. The van der Waals surface area contributed by atoms with Gasteiger partial charge in [-0.1, -0.05) is 49.2 Å². The summed E-state index contributed by atoms with van der Waals surface area (Å²) in [5.74, 6) is -0.0867. The Morgan fingerprint density at radius 1 is 1.00 bits per heavy atom. The minimum Gasteiger partial charge on any atom is -0.339 e. The van der Waals surface area contributed by atoms with E-state index in [0.717, 1.165) is 44.3 Å². The summed E-state index contributed by atoms with van der Waals surface area (Å²) in [6, 6.07) is 14.3. The van der Waals surface area contributed by atoms with Crippen LogP contribution in [0.3, 0.4) is 0 Å². The molecule has 144 valence electrons. The highest BCUT2D eigenvalue weighted by molar-refractivity contribution is 7.89. The van der Waals surface area contributed by atoms with E-state index in [1.165, 1.54) is 6.07 Å². The Kier molecular flexibility index (Phi) is 6.29. The van der Waals surface area contributed by atoms with Crippen LogP contribution in [-0.4, -0.2) is 32.3 Å². The van der Waals surface area contributed by atoms with Crippen LogP contribution in [0.5, 0.6) is 0 Å². The van der Waals surface area contributed by atoms with Crippen LogP contribution in [0.2, 0.25) is 0 Å². The molecule has 0 radical (unpaired) electrons. The molecule has 0 aromatic heterocycles. The molecule has 1 N–H and O–H groups in total. The molecule has 1 aliphatic heterocycles. The Balaban J connectivity index is 1.80. The first-order valence-corrected chi connectivity index (χ1v) is 10.9. The zero-order chi connectivity index (χ0) is 19.3. The standard InChI is InChI=1S/C21H26N2O3S/c1-17-11-12-19(21(24)23-13-7-2-3-8-14-23)15-20(17)27(25,26)22-16-18-9-5-4-6-10-18/h4-6,9-12,15,22H,2-3,7-8,13-14,16H2,1H3. The van der Waals surface area contributed by atoms with Crippen LogP contribution in [0.4, 0.5) is 0 Å². The number of nitrogens with zero attached hydrogens (tertiary/aromatic N) is 1. The van der Waals surface area contributed by atoms with Crippen molar-refractivity contribution in [3.8, 4) is 0 Å². The predicted octanol–water partition coefficient (Wildman–Crippen LogP) is 3.49. The van der Waals surface area contributed by atoms with Crippen molar-refractivity contribution in [2.24, 2.45) is 0 Å². The van der Waals surface area contributed by atoms with E-state index in [9.17, 15) is 13.2 Å². The van der Waals surface area contributed by atoms with Gasteiger partial charge in [-0.3, -0.25) is 4.79 Å². The van der Waals surface area contributed by atoms with Gasteiger partial charge in [0.2, 0.25) is 10.0 Å². The topological polar surface area (TPSA) is 66.5 Å². The minimum atomic E-state index is -3.70. The Morgan fingerprint density at radius 2 is 1.67 bits per heavy atom. The lowest BCUT2D eigenvalue weighted by atomic mass is 10.1. The third-order valence-electron chi connectivity index (χ3n) is 4.93. The Morgan fingerprint density at radius 3 is 2.33 bits per heavy atom. The number of sulfonamides is 1. The highest BCUT2D eigenvalue weighted by Gasteiger charge is 2.22. The van der Waals surface area contributed by atoms with E-state index >= 15 is 0 Å². The van der Waals surface area contributed by atoms with Crippen molar-refractivity contribution in [2.45, 2.75) is 44.0 Å². The van der Waals surface area contributed by atoms with Crippen LogP contribution >= 0.6 is 0 Å². The number of nitrogens with one attached hydrogen (secondary N) is 1. The molecule has 27 heavy (non-hydrogen) atoms. The van der Waals surface area contributed by atoms with Gasteiger partial charge in [0.15, 0.2) is 0 Å². The largest absolute Gasteiger partial charge is 0.339 e. The molecule has 1 saturated heterocycles. The van der Waals surface area contributed by atoms with Crippen LogP contribution in [-0.2, 0) is 16.6 Å². The van der Waals surface area contributed by atoms with Gasteiger partial charge >= 0.3 is 0 Å². The van der Waals surface area contributed by atoms with Crippen LogP contribution < -0.4 is 4.72 Å². The number of aryl methyl sites for hydroxylation is 1. The molecule has 2 aromatic rings. The van der Waals surface area contributed by atoms with E-state index in [0.29, 0.717) is 11.1 Å². The zero-order valence-corrected chi connectivity index (χ0v) is 16.5. The Bertz CT molecular complexity index is 887. The van der Waals surface area contributed by atoms with Gasteiger partial charge in [-0.05, 0) is 43.0 Å². The number of benzene rings is 2. The number of hydrogen-bond acceptors (Lipinski definition) is 3. The van der Waals surface area contributed by atoms with E-state index < -0.39 is 10.0 Å². The summed E-state index contributed by atoms with van der Waals surface area (Å²) in [7, 11) is -3.70. The van der Waals surface area contributed by atoms with Gasteiger partial charge in [0, 0.05) is 25.2 Å². The summed E-state index contributed by atoms with van der Waals surface area (Å²) in [4.78, 5) is 14.8. The Hall–Kier alpha value is -2.18. The molecule has 3 rings (SSSR count). The van der Waals surface area contributed by atoms with Crippen molar-refractivity contribution >= 4 is 15.9 Å². The van der Waals surface area contributed by atoms with Crippen molar-refractivity contribution in [3.05, 3.63) is 65.2 Å². The fourth-order valence-corrected chi connectivity index (χ4v) is 4.62. The van der Waals surface area contributed by atoms with E-state index in [1.54, 1.807) is 19.1 Å². The zero-order valence-electron chi connectivity index (χ0n) is 15.6. The first-order valence-electron chi connectivity index (χ1n) is 9.41. The fourth-order valence-electron chi connectivity index (χ4n) is 3.33. The molecule has 0 bridgehead atoms. The smallest absolute Gasteiger partial charge is 0.253 e. The molecule has 0 unspecified atom stereocenters. The van der Waals surface area contributed by atoms with E-state index in [4.69, 9.17) is 0 Å². The van der Waals surface area contributed by atoms with E-state index in [2.05, 4.69) is 4.72 Å². The quantitative estimate of drug-likeness (QED) is 0.855. The lowest BCUT2D eigenvalue weighted by Crippen LogP contribution is -2.32. The molecule has 6 heteroatoms. The second-order valence-electron chi connectivity index (χ2n) is 7.00. The van der Waals surface area contributed by atoms with Crippen LogP contribution in [0.1, 0.15) is 47.2 Å². The number of amides is 1. The van der Waals surface area contributed by atoms with Crippen molar-refractivity contribution in [2.75, 3.05) is 13.1 Å². The number of hydrogen-bond donors (Lipinski definition) is 1. The van der Waals surface area contributed by atoms with Gasteiger partial charge < -0.3 is 4.90 Å². The van der Waals surface area contributed by atoms with Crippen molar-refractivity contribution in [1.29, 1.82) is 0 Å². The molecular formula is C21H26N2O3S. The maximum absolute atomic E-state index is 12.8. The molecule has 0 atom stereocenters. The maximum Gasteiger partial charge on any atom is 0.253 e. The van der Waals surface area contributed by atoms with Crippen LogP contribution in [0.25, 0.3) is 0 Å².